The van der Waals surface area contributed by atoms with Gasteiger partial charge in [-0.05, 0) is 67.9 Å². The SMILES string of the molecule is Cc1ccc([N-]c2ccc(C)cc2P(C(C)C)C(C)C)c(P(C(C)C)C(C)C)c1.Cc1ccccc1.Cc1ccccc1.Cc1ccccc1.[Al+3].[Al+3].[CH3-].[CH3-].[CH3-].[CH3-].[CH3-].[CH3-].[O-2].[Sc+3]. The zero-order valence-corrected chi connectivity index (χ0v) is 47.3. The maximum atomic E-state index is 5.33. The summed E-state index contributed by atoms with van der Waals surface area (Å²) >= 11 is 0. The first-order valence-corrected chi connectivity index (χ1v) is 21.2. The Bertz CT molecular complexity index is 1480. The Hall–Kier alpha value is -1.34. The third-order valence-corrected chi connectivity index (χ3v) is 14.4. The van der Waals surface area contributed by atoms with E-state index in [-0.39, 0.29) is 126 Å². The normalized spacial score (nSPS) is 8.98. The summed E-state index contributed by atoms with van der Waals surface area (Å²) in [5.41, 5.74) is 11.6. The van der Waals surface area contributed by atoms with Gasteiger partial charge in [0.25, 0.3) is 0 Å². The van der Waals surface area contributed by atoms with Crippen molar-refractivity contribution in [2.45, 2.75) is 113 Å². The van der Waals surface area contributed by atoms with Crippen molar-refractivity contribution in [3.63, 3.8) is 0 Å². The third-order valence-electron chi connectivity index (χ3n) is 8.11. The molecule has 0 N–H and O–H groups in total. The molecule has 0 amide bonds. The van der Waals surface area contributed by atoms with Gasteiger partial charge in [-0.3, -0.25) is 0 Å². The largest absolute Gasteiger partial charge is 3.00 e. The second-order valence-electron chi connectivity index (χ2n) is 14.2. The van der Waals surface area contributed by atoms with Crippen LogP contribution in [0.25, 0.3) is 5.32 Å². The Morgan fingerprint density at radius 2 is 0.567 bits per heavy atom. The van der Waals surface area contributed by atoms with Crippen molar-refractivity contribution in [1.29, 1.82) is 0 Å². The molecular formula is C53H82Al2NOP2Sc. The van der Waals surface area contributed by atoms with E-state index in [0.29, 0.717) is 22.6 Å². The Labute approximate surface area is 418 Å². The molecule has 0 bridgehead atoms. The smallest absolute Gasteiger partial charge is 2.00 e. The van der Waals surface area contributed by atoms with Crippen molar-refractivity contribution >= 4 is 72.5 Å². The van der Waals surface area contributed by atoms with Crippen molar-refractivity contribution in [3.8, 4) is 0 Å². The Morgan fingerprint density at radius 3 is 0.733 bits per heavy atom. The van der Waals surface area contributed by atoms with Crippen molar-refractivity contribution in [2.24, 2.45) is 0 Å². The van der Waals surface area contributed by atoms with Gasteiger partial charge in [-0.25, -0.2) is 0 Å². The van der Waals surface area contributed by atoms with Crippen molar-refractivity contribution in [1.82, 2.24) is 0 Å². The zero-order valence-electron chi connectivity index (χ0n) is 41.4. The minimum Gasteiger partial charge on any atom is -2.00 e. The van der Waals surface area contributed by atoms with Crippen molar-refractivity contribution in [3.05, 3.63) is 205 Å². The third kappa shape index (κ3) is 29.9. The summed E-state index contributed by atoms with van der Waals surface area (Å²) in [5, 5.41) is 8.26. The summed E-state index contributed by atoms with van der Waals surface area (Å²) in [6.07, 6.45) is 0. The van der Waals surface area contributed by atoms with Crippen LogP contribution in [0.2, 0.25) is 0 Å². The molecule has 0 atom stereocenters. The fourth-order valence-electron chi connectivity index (χ4n) is 5.91. The summed E-state index contributed by atoms with van der Waals surface area (Å²) in [5.74, 6) is 0. The molecule has 5 aromatic carbocycles. The first-order valence-electron chi connectivity index (χ1n) is 18.3. The summed E-state index contributed by atoms with van der Waals surface area (Å²) in [4.78, 5) is 0. The quantitative estimate of drug-likeness (QED) is 0.0846. The van der Waals surface area contributed by atoms with Crippen LogP contribution in [-0.2, 0) is 31.3 Å². The van der Waals surface area contributed by atoms with E-state index in [1.165, 1.54) is 49.8 Å². The average Bonchev–Trinajstić information content (AvgIpc) is 3.05. The van der Waals surface area contributed by atoms with Crippen molar-refractivity contribution in [2.75, 3.05) is 0 Å². The first-order chi connectivity index (χ1) is 23.7. The van der Waals surface area contributed by atoms with Gasteiger partial charge in [-0.2, -0.15) is 0 Å². The summed E-state index contributed by atoms with van der Waals surface area (Å²) < 4.78 is 0. The molecule has 7 heteroatoms. The van der Waals surface area contributed by atoms with E-state index in [9.17, 15) is 0 Å². The second-order valence-corrected chi connectivity index (χ2v) is 21.0. The Kier molecular flexibility index (Phi) is 56.6. The van der Waals surface area contributed by atoms with Crippen LogP contribution in [0.3, 0.4) is 0 Å². The topological polar surface area (TPSA) is 42.6 Å². The molecule has 0 aromatic heterocycles. The van der Waals surface area contributed by atoms with Gasteiger partial charge in [0.1, 0.15) is 0 Å². The monoisotopic (exact) mass is 910 g/mol. The maximum Gasteiger partial charge on any atom is 3.00 e. The molecule has 0 aliphatic heterocycles. The van der Waals surface area contributed by atoms with Crippen LogP contribution in [0.5, 0.6) is 0 Å². The fraction of sp³-hybridized carbons (Fsp3) is 0.321. The van der Waals surface area contributed by atoms with Gasteiger partial charge >= 0.3 is 60.6 Å². The van der Waals surface area contributed by atoms with Crippen LogP contribution >= 0.6 is 15.8 Å². The summed E-state index contributed by atoms with van der Waals surface area (Å²) in [6, 6.07) is 44.5. The van der Waals surface area contributed by atoms with Crippen LogP contribution in [0.1, 0.15) is 83.2 Å². The van der Waals surface area contributed by atoms with E-state index in [4.69, 9.17) is 5.32 Å². The van der Waals surface area contributed by atoms with Gasteiger partial charge in [0, 0.05) is 0 Å². The maximum absolute atomic E-state index is 5.33. The molecule has 0 saturated heterocycles. The van der Waals surface area contributed by atoms with E-state index in [0.717, 1.165) is 0 Å². The van der Waals surface area contributed by atoms with E-state index < -0.39 is 0 Å². The standard InChI is InChI=1S/C26H40NP2.3C7H8.6CH3.2Al.O.Sc/c1-17(2)28(18(3)4)25-15-21(9)11-13-23(25)27-24-14-12-22(10)16-26(24)29(19(5)6)20(7)8;3*1-7-5-3-2-4-6-7;;;;;;;;;;/h11-20H,1-10H3;3*2-6H,1H3;6*1H3;;;;/q-1;;;;6*-1;2*+3;-2;+3. The fourth-order valence-corrected chi connectivity index (χ4v) is 12.0. The zero-order chi connectivity index (χ0) is 37.2. The number of aryl methyl sites for hydroxylation is 5. The molecule has 0 aliphatic carbocycles. The van der Waals surface area contributed by atoms with E-state index in [2.05, 4.69) is 163 Å². The molecule has 324 valence electrons. The molecule has 5 rings (SSSR count). The molecule has 5 aromatic rings. The van der Waals surface area contributed by atoms with Gasteiger partial charge in [-0.1, -0.05) is 226 Å². The molecule has 60 heavy (non-hydrogen) atoms. The van der Waals surface area contributed by atoms with Gasteiger partial charge in [0.2, 0.25) is 0 Å². The van der Waals surface area contributed by atoms with Gasteiger partial charge in [0.15, 0.2) is 0 Å². The van der Waals surface area contributed by atoms with Crippen molar-refractivity contribution < 1.29 is 31.3 Å². The molecule has 0 fully saturated rings. The molecule has 0 unspecified atom stereocenters. The average molecular weight is 910 g/mol. The molecule has 0 radical (unpaired) electrons. The minimum atomic E-state index is -0.251. The van der Waals surface area contributed by atoms with Gasteiger partial charge < -0.3 is 55.4 Å². The second kappa shape index (κ2) is 42.9. The Balaban J connectivity index is -0.0000000994. The van der Waals surface area contributed by atoms with Gasteiger partial charge in [0.05, 0.1) is 0 Å². The molecule has 0 saturated carbocycles. The summed E-state index contributed by atoms with van der Waals surface area (Å²) in [6.45, 7) is 29.6. The van der Waals surface area contributed by atoms with E-state index in [1.54, 1.807) is 0 Å². The predicted octanol–water partition coefficient (Wildman–Crippen LogP) is 16.3. The summed E-state index contributed by atoms with van der Waals surface area (Å²) in [7, 11) is -0.503. The molecule has 0 spiro atoms. The predicted molar refractivity (Wildman–Crippen MR) is 283 cm³/mol. The minimum absolute atomic E-state index is 0. The number of nitrogens with zero attached hydrogens (tertiary/aromatic N) is 1. The van der Waals surface area contributed by atoms with Crippen LogP contribution < -0.4 is 10.6 Å². The van der Waals surface area contributed by atoms with E-state index in [1.807, 2.05) is 54.6 Å². The number of rotatable bonds is 8. The number of hydrogen-bond acceptors (Lipinski definition) is 0. The molecule has 0 heterocycles. The molecule has 2 nitrogen and oxygen atoms in total. The van der Waals surface area contributed by atoms with Gasteiger partial charge in [-0.15, -0.1) is 11.4 Å². The van der Waals surface area contributed by atoms with E-state index >= 15 is 0 Å². The first kappa shape index (κ1) is 79.1. The van der Waals surface area contributed by atoms with Crippen LogP contribution in [0, 0.1) is 79.2 Å². The van der Waals surface area contributed by atoms with Crippen LogP contribution in [0.4, 0.5) is 11.4 Å². The molecular weight excluding hydrogens is 827 g/mol. The van der Waals surface area contributed by atoms with Crippen LogP contribution in [-0.4, -0.2) is 57.4 Å². The van der Waals surface area contributed by atoms with Crippen LogP contribution in [0.15, 0.2) is 127 Å². The number of benzene rings is 5. The number of hydrogen-bond donors (Lipinski definition) is 0. The Morgan fingerprint density at radius 1 is 0.350 bits per heavy atom. The molecule has 0 aliphatic rings.